The van der Waals surface area contributed by atoms with E-state index in [4.69, 9.17) is 0 Å². The fourth-order valence-corrected chi connectivity index (χ4v) is 1.78. The van der Waals surface area contributed by atoms with Crippen LogP contribution in [0.1, 0.15) is 13.9 Å². The van der Waals surface area contributed by atoms with E-state index in [1.54, 1.807) is 19.1 Å². The maximum Gasteiger partial charge on any atom is 1.00 e. The first kappa shape index (κ1) is 16.0. The van der Waals surface area contributed by atoms with E-state index in [2.05, 4.69) is 8.92 Å². The zero-order valence-electron chi connectivity index (χ0n) is 11.0. The average Bonchev–Trinajstić information content (AvgIpc) is 2.17. The van der Waals surface area contributed by atoms with Crippen molar-refractivity contribution in [1.82, 2.24) is 0 Å². The minimum absolute atomic E-state index is 0. The van der Waals surface area contributed by atoms with Crippen LogP contribution in [0.3, 0.4) is 0 Å². The van der Waals surface area contributed by atoms with Gasteiger partial charge in [-0.2, -0.15) is 8.42 Å². The Morgan fingerprint density at radius 3 is 2.29 bits per heavy atom. The van der Waals surface area contributed by atoms with E-state index in [1.807, 2.05) is 6.92 Å². The molecule has 0 saturated heterocycles. The molecule has 7 heteroatoms. The third-order valence-electron chi connectivity index (χ3n) is 1.75. The van der Waals surface area contributed by atoms with Crippen LogP contribution in [0, 0.1) is 6.92 Å². The first-order valence-corrected chi connectivity index (χ1v) is 6.04. The molecule has 0 spiro atoms. The van der Waals surface area contributed by atoms with Crippen LogP contribution < -0.4 is 18.9 Å². The Morgan fingerprint density at radius 1 is 1.29 bits per heavy atom. The standard InChI is InChI=1S/C10H12O5S.Li.H/c1-3-14-10(11)15-16(12,13)9-6-4-8(2)5-7-9;;/h4-7H,3H2,1-2H3;;/q;+1;-1. The summed E-state index contributed by atoms with van der Waals surface area (Å²) in [5.74, 6) is 0. The maximum atomic E-state index is 11.5. The zero-order chi connectivity index (χ0) is 12.2. The SMILES string of the molecule is CCOC(=O)OS(=O)(=O)c1ccc(C)cc1.[H-].[Li+]. The fraction of sp³-hybridized carbons (Fsp3) is 0.300. The smallest absolute Gasteiger partial charge is 1.00 e. The van der Waals surface area contributed by atoms with E-state index in [0.29, 0.717) is 0 Å². The molecular weight excluding hydrogens is 239 g/mol. The van der Waals surface area contributed by atoms with Gasteiger partial charge in [-0.3, -0.25) is 0 Å². The Balaban J connectivity index is 0. The van der Waals surface area contributed by atoms with Gasteiger partial charge in [0.1, 0.15) is 4.90 Å². The van der Waals surface area contributed by atoms with Gasteiger partial charge in [-0.15, -0.1) is 0 Å². The Morgan fingerprint density at radius 2 is 1.82 bits per heavy atom. The molecule has 1 aromatic carbocycles. The van der Waals surface area contributed by atoms with Crippen molar-refractivity contribution in [1.29, 1.82) is 0 Å². The number of hydrogen-bond donors (Lipinski definition) is 0. The summed E-state index contributed by atoms with van der Waals surface area (Å²) in [6, 6.07) is 5.95. The second kappa shape index (κ2) is 6.70. The molecule has 0 atom stereocenters. The molecule has 0 aliphatic carbocycles. The molecule has 0 fully saturated rings. The van der Waals surface area contributed by atoms with Crippen LogP contribution in [0.5, 0.6) is 0 Å². The Hall–Kier alpha value is -0.963. The minimum atomic E-state index is -4.07. The summed E-state index contributed by atoms with van der Waals surface area (Å²) >= 11 is 0. The number of aryl methyl sites for hydroxylation is 1. The molecule has 90 valence electrons. The van der Waals surface area contributed by atoms with E-state index in [0.717, 1.165) is 5.56 Å². The fourth-order valence-electron chi connectivity index (χ4n) is 0.985. The van der Waals surface area contributed by atoms with Crippen molar-refractivity contribution < 1.29 is 42.4 Å². The molecule has 0 aliphatic rings. The quantitative estimate of drug-likeness (QED) is 0.391. The molecule has 0 heterocycles. The number of benzene rings is 1. The predicted molar refractivity (Wildman–Crippen MR) is 57.6 cm³/mol. The topological polar surface area (TPSA) is 69.7 Å². The molecule has 0 unspecified atom stereocenters. The normalized spacial score (nSPS) is 10.2. The van der Waals surface area contributed by atoms with Gasteiger partial charge in [0, 0.05) is 0 Å². The van der Waals surface area contributed by atoms with Gasteiger partial charge in [0.2, 0.25) is 0 Å². The molecule has 1 aromatic rings. The zero-order valence-corrected chi connectivity index (χ0v) is 10.8. The Labute approximate surface area is 114 Å². The van der Waals surface area contributed by atoms with Crippen LogP contribution in [-0.2, 0) is 19.0 Å². The summed E-state index contributed by atoms with van der Waals surface area (Å²) in [5, 5.41) is 0. The third kappa shape index (κ3) is 4.82. The van der Waals surface area contributed by atoms with Gasteiger partial charge < -0.3 is 10.3 Å². The molecule has 0 aliphatic heterocycles. The van der Waals surface area contributed by atoms with Crippen molar-refractivity contribution in [2.45, 2.75) is 18.7 Å². The molecular formula is C10H13LiO5S. The molecule has 5 nitrogen and oxygen atoms in total. The predicted octanol–water partition coefficient (Wildman–Crippen LogP) is -1.03. The molecule has 0 radical (unpaired) electrons. The number of carbonyl (C=O) groups excluding carboxylic acids is 1. The van der Waals surface area contributed by atoms with Crippen molar-refractivity contribution in [3.8, 4) is 0 Å². The van der Waals surface area contributed by atoms with Crippen molar-refractivity contribution in [2.24, 2.45) is 0 Å². The maximum absolute atomic E-state index is 11.5. The van der Waals surface area contributed by atoms with Crippen LogP contribution >= 0.6 is 0 Å². The largest absolute Gasteiger partial charge is 1.00 e. The van der Waals surface area contributed by atoms with Crippen molar-refractivity contribution >= 4 is 16.3 Å². The second-order valence-corrected chi connectivity index (χ2v) is 4.58. The molecule has 0 N–H and O–H groups in total. The summed E-state index contributed by atoms with van der Waals surface area (Å²) in [4.78, 5) is 10.8. The number of carbonyl (C=O) groups is 1. The van der Waals surface area contributed by atoms with E-state index in [1.165, 1.54) is 12.1 Å². The van der Waals surface area contributed by atoms with Gasteiger partial charge in [0.25, 0.3) is 0 Å². The monoisotopic (exact) mass is 252 g/mol. The molecule has 17 heavy (non-hydrogen) atoms. The van der Waals surface area contributed by atoms with Gasteiger partial charge in [0.05, 0.1) is 6.61 Å². The van der Waals surface area contributed by atoms with Crippen molar-refractivity contribution in [3.63, 3.8) is 0 Å². The first-order valence-electron chi connectivity index (χ1n) is 4.63. The summed E-state index contributed by atoms with van der Waals surface area (Å²) < 4.78 is 31.6. The minimum Gasteiger partial charge on any atom is -1.00 e. The van der Waals surface area contributed by atoms with Crippen LogP contribution in [0.15, 0.2) is 29.2 Å². The van der Waals surface area contributed by atoms with Crippen LogP contribution in [-0.4, -0.2) is 21.2 Å². The van der Waals surface area contributed by atoms with Crippen LogP contribution in [0.2, 0.25) is 0 Å². The van der Waals surface area contributed by atoms with Crippen LogP contribution in [0.25, 0.3) is 0 Å². The number of hydrogen-bond acceptors (Lipinski definition) is 5. The molecule has 1 rings (SSSR count). The first-order chi connectivity index (χ1) is 7.45. The third-order valence-corrected chi connectivity index (χ3v) is 2.95. The molecule has 0 amide bonds. The molecule has 0 aromatic heterocycles. The van der Waals surface area contributed by atoms with E-state index < -0.39 is 16.3 Å². The molecule has 0 saturated carbocycles. The summed E-state index contributed by atoms with van der Waals surface area (Å²) in [6.45, 7) is 3.44. The van der Waals surface area contributed by atoms with E-state index in [-0.39, 0.29) is 31.8 Å². The van der Waals surface area contributed by atoms with Gasteiger partial charge in [-0.1, -0.05) is 17.7 Å². The average molecular weight is 252 g/mol. The summed E-state index contributed by atoms with van der Waals surface area (Å²) in [5.41, 5.74) is 0.912. The van der Waals surface area contributed by atoms with Crippen molar-refractivity contribution in [2.75, 3.05) is 6.61 Å². The summed E-state index contributed by atoms with van der Waals surface area (Å²) in [6.07, 6.45) is -1.22. The van der Waals surface area contributed by atoms with Crippen LogP contribution in [0.4, 0.5) is 4.79 Å². The second-order valence-electron chi connectivity index (χ2n) is 3.03. The van der Waals surface area contributed by atoms with Gasteiger partial charge in [0.15, 0.2) is 0 Å². The van der Waals surface area contributed by atoms with E-state index >= 15 is 0 Å². The summed E-state index contributed by atoms with van der Waals surface area (Å²) in [7, 11) is -4.07. The Kier molecular flexibility index (Phi) is 6.32. The Bertz CT molecular complexity index is 472. The number of ether oxygens (including phenoxy) is 1. The number of rotatable bonds is 3. The van der Waals surface area contributed by atoms with Gasteiger partial charge in [-0.05, 0) is 26.0 Å². The van der Waals surface area contributed by atoms with Crippen molar-refractivity contribution in [3.05, 3.63) is 29.8 Å². The van der Waals surface area contributed by atoms with E-state index in [9.17, 15) is 13.2 Å². The van der Waals surface area contributed by atoms with Gasteiger partial charge in [-0.25, -0.2) is 4.79 Å². The van der Waals surface area contributed by atoms with Gasteiger partial charge >= 0.3 is 35.1 Å². The molecule has 0 bridgehead atoms.